The number of thiophene rings is 1. The molecule has 3 rings (SSSR count). The summed E-state index contributed by atoms with van der Waals surface area (Å²) in [5, 5.41) is 10.6. The van der Waals surface area contributed by atoms with Gasteiger partial charge in [0.05, 0.1) is 5.56 Å². The normalized spacial score (nSPS) is 14.8. The number of anilines is 1. The van der Waals surface area contributed by atoms with Crippen LogP contribution < -0.4 is 5.73 Å². The van der Waals surface area contributed by atoms with E-state index in [0.717, 1.165) is 36.6 Å². The minimum atomic E-state index is 0.655. The van der Waals surface area contributed by atoms with E-state index < -0.39 is 0 Å². The van der Waals surface area contributed by atoms with Gasteiger partial charge in [-0.15, -0.1) is 11.3 Å². The molecule has 1 aromatic heterocycles. The van der Waals surface area contributed by atoms with E-state index in [4.69, 9.17) is 22.6 Å². The molecule has 0 bridgehead atoms. The molecule has 0 amide bonds. The quantitative estimate of drug-likeness (QED) is 0.925. The number of fused-ring (bicyclic) bond motifs is 1. The molecule has 1 aliphatic heterocycles. The molecule has 2 N–H and O–H groups in total. The Hall–Kier alpha value is -1.54. The monoisotopic (exact) mass is 303 g/mol. The van der Waals surface area contributed by atoms with Gasteiger partial charge in [0.15, 0.2) is 0 Å². The Balaban J connectivity index is 1.78. The third-order valence-corrected chi connectivity index (χ3v) is 4.85. The van der Waals surface area contributed by atoms with Crippen LogP contribution >= 0.6 is 22.9 Å². The Morgan fingerprint density at radius 2 is 2.30 bits per heavy atom. The van der Waals surface area contributed by atoms with Crippen LogP contribution in [-0.2, 0) is 19.5 Å². The van der Waals surface area contributed by atoms with Crippen LogP contribution in [0.15, 0.2) is 24.3 Å². The molecule has 2 heterocycles. The van der Waals surface area contributed by atoms with E-state index >= 15 is 0 Å². The van der Waals surface area contributed by atoms with Gasteiger partial charge in [-0.05, 0) is 29.7 Å². The average molecular weight is 304 g/mol. The van der Waals surface area contributed by atoms with Crippen molar-refractivity contribution < 1.29 is 0 Å². The predicted molar refractivity (Wildman–Crippen MR) is 82.7 cm³/mol. The summed E-state index contributed by atoms with van der Waals surface area (Å²) in [6.45, 7) is 2.68. The standard InChI is InChI=1S/C15H14ClN3S/c16-11-3-1-2-10(6-11)8-19-5-4-12-13(7-17)15(18)20-14(12)9-19/h1-3,6H,4-5,8-9,18H2. The Kier molecular flexibility index (Phi) is 3.66. The fourth-order valence-corrected chi connectivity index (χ4v) is 3.95. The van der Waals surface area contributed by atoms with Crippen molar-refractivity contribution in [2.24, 2.45) is 0 Å². The lowest BCUT2D eigenvalue weighted by Gasteiger charge is -2.26. The van der Waals surface area contributed by atoms with Crippen molar-refractivity contribution in [3.63, 3.8) is 0 Å². The highest BCUT2D eigenvalue weighted by atomic mass is 35.5. The van der Waals surface area contributed by atoms with Gasteiger partial charge < -0.3 is 5.73 Å². The summed E-state index contributed by atoms with van der Waals surface area (Å²) in [6, 6.07) is 10.2. The second kappa shape index (κ2) is 5.45. The third-order valence-electron chi connectivity index (χ3n) is 3.57. The molecule has 0 spiro atoms. The van der Waals surface area contributed by atoms with Gasteiger partial charge >= 0.3 is 0 Å². The van der Waals surface area contributed by atoms with Crippen LogP contribution in [0.1, 0.15) is 21.6 Å². The van der Waals surface area contributed by atoms with Crippen LogP contribution in [0.5, 0.6) is 0 Å². The number of rotatable bonds is 2. The third kappa shape index (κ3) is 2.53. The summed E-state index contributed by atoms with van der Waals surface area (Å²) in [6.07, 6.45) is 0.895. The number of nitrogens with zero attached hydrogens (tertiary/aromatic N) is 2. The lowest BCUT2D eigenvalue weighted by molar-refractivity contribution is 0.249. The van der Waals surface area contributed by atoms with Gasteiger partial charge in [-0.1, -0.05) is 23.7 Å². The van der Waals surface area contributed by atoms with Gasteiger partial charge in [-0.25, -0.2) is 0 Å². The molecule has 5 heteroatoms. The maximum atomic E-state index is 9.14. The van der Waals surface area contributed by atoms with Crippen molar-refractivity contribution in [2.75, 3.05) is 12.3 Å². The molecule has 0 saturated heterocycles. The maximum Gasteiger partial charge on any atom is 0.104 e. The molecule has 0 aliphatic carbocycles. The van der Waals surface area contributed by atoms with Crippen LogP contribution in [0.3, 0.4) is 0 Å². The summed E-state index contributed by atoms with van der Waals surface area (Å²) in [4.78, 5) is 3.60. The Labute approximate surface area is 127 Å². The van der Waals surface area contributed by atoms with E-state index in [9.17, 15) is 0 Å². The van der Waals surface area contributed by atoms with E-state index in [1.807, 2.05) is 18.2 Å². The molecule has 0 saturated carbocycles. The second-order valence-corrected chi connectivity index (χ2v) is 6.52. The lowest BCUT2D eigenvalue weighted by Crippen LogP contribution is -2.29. The molecular weight excluding hydrogens is 290 g/mol. The van der Waals surface area contributed by atoms with Crippen LogP contribution in [0.2, 0.25) is 5.02 Å². The van der Waals surface area contributed by atoms with Crippen LogP contribution in [0, 0.1) is 11.3 Å². The first-order valence-corrected chi connectivity index (χ1v) is 7.63. The van der Waals surface area contributed by atoms with Crippen molar-refractivity contribution in [1.82, 2.24) is 4.90 Å². The fourth-order valence-electron chi connectivity index (χ4n) is 2.63. The minimum Gasteiger partial charge on any atom is -0.389 e. The van der Waals surface area contributed by atoms with Crippen molar-refractivity contribution in [3.05, 3.63) is 50.9 Å². The summed E-state index contributed by atoms with van der Waals surface area (Å²) < 4.78 is 0. The number of nitriles is 1. The zero-order chi connectivity index (χ0) is 14.1. The largest absolute Gasteiger partial charge is 0.389 e. The molecule has 0 unspecified atom stereocenters. The van der Waals surface area contributed by atoms with Gasteiger partial charge in [0.1, 0.15) is 11.1 Å². The van der Waals surface area contributed by atoms with Crippen LogP contribution in [0.25, 0.3) is 0 Å². The molecule has 102 valence electrons. The van der Waals surface area contributed by atoms with Gasteiger partial charge in [0.25, 0.3) is 0 Å². The minimum absolute atomic E-state index is 0.655. The van der Waals surface area contributed by atoms with E-state index in [1.165, 1.54) is 10.4 Å². The zero-order valence-corrected chi connectivity index (χ0v) is 12.5. The van der Waals surface area contributed by atoms with E-state index in [-0.39, 0.29) is 0 Å². The van der Waals surface area contributed by atoms with E-state index in [1.54, 1.807) is 11.3 Å². The highest BCUT2D eigenvalue weighted by molar-refractivity contribution is 7.16. The Morgan fingerprint density at radius 1 is 1.45 bits per heavy atom. The molecule has 2 aromatic rings. The number of nitrogen functional groups attached to an aromatic ring is 1. The average Bonchev–Trinajstić information content (AvgIpc) is 2.73. The SMILES string of the molecule is N#Cc1c(N)sc2c1CCN(Cc1cccc(Cl)c1)C2. The number of benzene rings is 1. The fraction of sp³-hybridized carbons (Fsp3) is 0.267. The van der Waals surface area contributed by atoms with Crippen LogP contribution in [-0.4, -0.2) is 11.4 Å². The molecule has 0 radical (unpaired) electrons. The molecular formula is C15H14ClN3S. The molecule has 1 aliphatic rings. The second-order valence-electron chi connectivity index (χ2n) is 4.95. The number of hydrogen-bond acceptors (Lipinski definition) is 4. The summed E-state index contributed by atoms with van der Waals surface area (Å²) in [7, 11) is 0. The number of hydrogen-bond donors (Lipinski definition) is 1. The first kappa shape index (κ1) is 13.4. The first-order valence-electron chi connectivity index (χ1n) is 6.44. The van der Waals surface area contributed by atoms with Crippen LogP contribution in [0.4, 0.5) is 5.00 Å². The lowest BCUT2D eigenvalue weighted by atomic mass is 10.0. The molecule has 3 nitrogen and oxygen atoms in total. The zero-order valence-electron chi connectivity index (χ0n) is 10.9. The van der Waals surface area contributed by atoms with Crippen molar-refractivity contribution in [2.45, 2.75) is 19.5 Å². The van der Waals surface area contributed by atoms with Gasteiger partial charge in [-0.3, -0.25) is 4.90 Å². The smallest absolute Gasteiger partial charge is 0.104 e. The molecule has 0 atom stereocenters. The number of nitrogens with two attached hydrogens (primary N) is 1. The molecule has 1 aromatic carbocycles. The molecule has 20 heavy (non-hydrogen) atoms. The first-order chi connectivity index (χ1) is 9.67. The van der Waals surface area contributed by atoms with Gasteiger partial charge in [0.2, 0.25) is 0 Å². The number of halogens is 1. The van der Waals surface area contributed by atoms with Gasteiger partial charge in [0, 0.05) is 29.5 Å². The van der Waals surface area contributed by atoms with Crippen molar-refractivity contribution >= 4 is 27.9 Å². The molecule has 0 fully saturated rings. The van der Waals surface area contributed by atoms with Crippen molar-refractivity contribution in [1.29, 1.82) is 5.26 Å². The summed E-state index contributed by atoms with van der Waals surface area (Å²) in [5.74, 6) is 0. The maximum absolute atomic E-state index is 9.14. The Morgan fingerprint density at radius 3 is 3.05 bits per heavy atom. The summed E-state index contributed by atoms with van der Waals surface area (Å²) in [5.41, 5.74) is 8.96. The van der Waals surface area contributed by atoms with Gasteiger partial charge in [-0.2, -0.15) is 5.26 Å². The predicted octanol–water partition coefficient (Wildman–Crippen LogP) is 3.41. The van der Waals surface area contributed by atoms with Crippen molar-refractivity contribution in [3.8, 4) is 6.07 Å². The highest BCUT2D eigenvalue weighted by Crippen LogP contribution is 2.34. The highest BCUT2D eigenvalue weighted by Gasteiger charge is 2.23. The Bertz CT molecular complexity index is 687. The topological polar surface area (TPSA) is 53.1 Å². The van der Waals surface area contributed by atoms with E-state index in [0.29, 0.717) is 10.6 Å². The van der Waals surface area contributed by atoms with E-state index in [2.05, 4.69) is 17.0 Å². The summed E-state index contributed by atoms with van der Waals surface area (Å²) >= 11 is 7.56.